The first-order chi connectivity index (χ1) is 8.70. The molecule has 0 aliphatic heterocycles. The maximum Gasteiger partial charge on any atom is 0.190 e. The summed E-state index contributed by atoms with van der Waals surface area (Å²) in [6.45, 7) is 0.720. The molecule has 0 spiro atoms. The maximum atomic E-state index is 6.07. The highest BCUT2D eigenvalue weighted by molar-refractivity contribution is 14.1. The van der Waals surface area contributed by atoms with Crippen LogP contribution in [-0.4, -0.2) is 16.2 Å². The Labute approximate surface area is 129 Å². The average Bonchev–Trinajstić information content (AvgIpc) is 2.41. The van der Waals surface area contributed by atoms with Gasteiger partial charge in [0, 0.05) is 6.54 Å². The molecule has 1 heterocycles. The second-order valence-electron chi connectivity index (χ2n) is 3.50. The zero-order chi connectivity index (χ0) is 13.0. The highest BCUT2D eigenvalue weighted by Gasteiger charge is 2.09. The van der Waals surface area contributed by atoms with Crippen LogP contribution in [0, 0.1) is 3.57 Å². The number of benzene rings is 1. The maximum absolute atomic E-state index is 6.07. The molecule has 0 fully saturated rings. The van der Waals surface area contributed by atoms with E-state index in [0.717, 1.165) is 15.9 Å². The Hall–Kier alpha value is -0.530. The molecule has 0 amide bonds. The van der Waals surface area contributed by atoms with Gasteiger partial charge >= 0.3 is 0 Å². The van der Waals surface area contributed by atoms with Gasteiger partial charge in [0.15, 0.2) is 5.16 Å². The van der Waals surface area contributed by atoms with E-state index in [4.69, 9.17) is 11.6 Å². The molecule has 0 unspecified atom stereocenters. The molecular weight excluding hydrogens is 381 g/mol. The Morgan fingerprint density at radius 3 is 2.67 bits per heavy atom. The highest BCUT2D eigenvalue weighted by atomic mass is 127. The van der Waals surface area contributed by atoms with Crippen LogP contribution < -0.4 is 5.32 Å². The average molecular weight is 392 g/mol. The van der Waals surface area contributed by atoms with Crippen LogP contribution >= 0.6 is 46.0 Å². The number of hydrogen-bond acceptors (Lipinski definition) is 4. The zero-order valence-electron chi connectivity index (χ0n) is 9.65. The SMILES string of the molecule is CSc1nc(Cl)c(I)c(NCc2ccccc2)n1. The molecule has 0 atom stereocenters. The van der Waals surface area contributed by atoms with E-state index >= 15 is 0 Å². The summed E-state index contributed by atoms with van der Waals surface area (Å²) >= 11 is 9.70. The van der Waals surface area contributed by atoms with Crippen molar-refractivity contribution in [3.8, 4) is 0 Å². The normalized spacial score (nSPS) is 10.4. The summed E-state index contributed by atoms with van der Waals surface area (Å²) < 4.78 is 0.850. The van der Waals surface area contributed by atoms with Crippen LogP contribution in [0.25, 0.3) is 0 Å². The summed E-state index contributed by atoms with van der Waals surface area (Å²) in [4.78, 5) is 8.59. The van der Waals surface area contributed by atoms with Gasteiger partial charge in [0.25, 0.3) is 0 Å². The van der Waals surface area contributed by atoms with Crippen molar-refractivity contribution >= 4 is 51.8 Å². The highest BCUT2D eigenvalue weighted by Crippen LogP contribution is 2.26. The van der Waals surface area contributed by atoms with Gasteiger partial charge in [-0.25, -0.2) is 9.97 Å². The van der Waals surface area contributed by atoms with Gasteiger partial charge < -0.3 is 5.32 Å². The lowest BCUT2D eigenvalue weighted by Crippen LogP contribution is -2.05. The summed E-state index contributed by atoms with van der Waals surface area (Å²) in [6.07, 6.45) is 1.93. The number of aromatic nitrogens is 2. The van der Waals surface area contributed by atoms with Gasteiger partial charge in [-0.2, -0.15) is 0 Å². The smallest absolute Gasteiger partial charge is 0.190 e. The molecule has 0 aliphatic rings. The predicted octanol–water partition coefficient (Wildman–Crippen LogP) is 4.07. The lowest BCUT2D eigenvalue weighted by Gasteiger charge is -2.09. The molecular formula is C12H11ClIN3S. The lowest BCUT2D eigenvalue weighted by atomic mass is 10.2. The standard InChI is InChI=1S/C12H11ClIN3S/c1-18-12-16-10(13)9(14)11(17-12)15-7-8-5-3-2-4-6-8/h2-6H,7H2,1H3,(H,15,16,17). The molecule has 0 aliphatic carbocycles. The molecule has 2 rings (SSSR count). The number of halogens is 2. The molecule has 94 valence electrons. The first-order valence-electron chi connectivity index (χ1n) is 5.25. The topological polar surface area (TPSA) is 37.8 Å². The van der Waals surface area contributed by atoms with E-state index in [1.165, 1.54) is 17.3 Å². The molecule has 0 saturated carbocycles. The molecule has 6 heteroatoms. The summed E-state index contributed by atoms with van der Waals surface area (Å²) in [5.41, 5.74) is 1.20. The fourth-order valence-electron chi connectivity index (χ4n) is 1.39. The third-order valence-corrected chi connectivity index (χ3v) is 4.44. The monoisotopic (exact) mass is 391 g/mol. The van der Waals surface area contributed by atoms with Crippen LogP contribution in [-0.2, 0) is 6.54 Å². The van der Waals surface area contributed by atoms with Crippen molar-refractivity contribution < 1.29 is 0 Å². The molecule has 1 aromatic carbocycles. The van der Waals surface area contributed by atoms with E-state index in [0.29, 0.717) is 10.3 Å². The molecule has 3 nitrogen and oxygen atoms in total. The third-order valence-electron chi connectivity index (χ3n) is 2.28. The Bertz CT molecular complexity index is 536. The predicted molar refractivity (Wildman–Crippen MR) is 85.3 cm³/mol. The van der Waals surface area contributed by atoms with E-state index in [2.05, 4.69) is 50.0 Å². The molecule has 0 radical (unpaired) electrons. The van der Waals surface area contributed by atoms with Crippen LogP contribution in [0.2, 0.25) is 5.15 Å². The van der Waals surface area contributed by atoms with Gasteiger partial charge in [-0.1, -0.05) is 53.7 Å². The molecule has 1 N–H and O–H groups in total. The Balaban J connectivity index is 2.16. The number of hydrogen-bond donors (Lipinski definition) is 1. The fraction of sp³-hybridized carbons (Fsp3) is 0.167. The van der Waals surface area contributed by atoms with Crippen molar-refractivity contribution in [3.63, 3.8) is 0 Å². The van der Waals surface area contributed by atoms with Crippen LogP contribution in [0.1, 0.15) is 5.56 Å². The summed E-state index contributed by atoms with van der Waals surface area (Å²) in [7, 11) is 0. The first-order valence-corrected chi connectivity index (χ1v) is 7.93. The van der Waals surface area contributed by atoms with Crippen LogP contribution in [0.3, 0.4) is 0 Å². The van der Waals surface area contributed by atoms with Gasteiger partial charge in [0.2, 0.25) is 0 Å². The Kier molecular flexibility index (Phi) is 5.08. The molecule has 0 bridgehead atoms. The molecule has 1 aromatic heterocycles. The van der Waals surface area contributed by atoms with Crippen molar-refractivity contribution in [3.05, 3.63) is 44.6 Å². The van der Waals surface area contributed by atoms with Gasteiger partial charge in [-0.15, -0.1) is 0 Å². The lowest BCUT2D eigenvalue weighted by molar-refractivity contribution is 0.947. The summed E-state index contributed by atoms with van der Waals surface area (Å²) in [6, 6.07) is 10.2. The zero-order valence-corrected chi connectivity index (χ0v) is 13.4. The van der Waals surface area contributed by atoms with Crippen molar-refractivity contribution in [1.82, 2.24) is 9.97 Å². The number of thioether (sulfide) groups is 1. The largest absolute Gasteiger partial charge is 0.365 e. The van der Waals surface area contributed by atoms with Crippen LogP contribution in [0.15, 0.2) is 35.5 Å². The van der Waals surface area contributed by atoms with E-state index in [9.17, 15) is 0 Å². The van der Waals surface area contributed by atoms with Crippen molar-refractivity contribution in [1.29, 1.82) is 0 Å². The van der Waals surface area contributed by atoms with Gasteiger partial charge in [0.1, 0.15) is 11.0 Å². The van der Waals surface area contributed by atoms with Crippen molar-refractivity contribution in [2.45, 2.75) is 11.7 Å². The van der Waals surface area contributed by atoms with Crippen LogP contribution in [0.4, 0.5) is 5.82 Å². The van der Waals surface area contributed by atoms with Gasteiger partial charge in [-0.3, -0.25) is 0 Å². The summed E-state index contributed by atoms with van der Waals surface area (Å²) in [5.74, 6) is 0.781. The molecule has 2 aromatic rings. The summed E-state index contributed by atoms with van der Waals surface area (Å²) in [5, 5.41) is 4.46. The van der Waals surface area contributed by atoms with Crippen molar-refractivity contribution in [2.24, 2.45) is 0 Å². The number of rotatable bonds is 4. The molecule has 18 heavy (non-hydrogen) atoms. The minimum Gasteiger partial charge on any atom is -0.365 e. The first kappa shape index (κ1) is 13.9. The van der Waals surface area contributed by atoms with Gasteiger partial charge in [-0.05, 0) is 34.4 Å². The van der Waals surface area contributed by atoms with Gasteiger partial charge in [0.05, 0.1) is 3.57 Å². The Morgan fingerprint density at radius 2 is 2.00 bits per heavy atom. The quantitative estimate of drug-likeness (QED) is 0.369. The third kappa shape index (κ3) is 3.49. The van der Waals surface area contributed by atoms with Crippen LogP contribution in [0.5, 0.6) is 0 Å². The van der Waals surface area contributed by atoms with Crippen molar-refractivity contribution in [2.75, 3.05) is 11.6 Å². The van der Waals surface area contributed by atoms with E-state index in [-0.39, 0.29) is 0 Å². The number of nitrogens with one attached hydrogen (secondary N) is 1. The second-order valence-corrected chi connectivity index (χ2v) is 5.71. The number of anilines is 1. The molecule has 0 saturated heterocycles. The minimum atomic E-state index is 0.491. The Morgan fingerprint density at radius 1 is 1.28 bits per heavy atom. The minimum absolute atomic E-state index is 0.491. The number of nitrogens with zero attached hydrogens (tertiary/aromatic N) is 2. The van der Waals surface area contributed by atoms with E-state index in [1.54, 1.807) is 0 Å². The van der Waals surface area contributed by atoms with E-state index < -0.39 is 0 Å². The van der Waals surface area contributed by atoms with E-state index in [1.807, 2.05) is 24.5 Å². The fourth-order valence-corrected chi connectivity index (χ4v) is 2.41. The second kappa shape index (κ2) is 6.58.